The first-order valence-corrected chi connectivity index (χ1v) is 8.74. The van der Waals surface area contributed by atoms with Crippen LogP contribution in [0, 0.1) is 20.8 Å². The van der Waals surface area contributed by atoms with E-state index in [1.807, 2.05) is 31.5 Å². The van der Waals surface area contributed by atoms with Crippen LogP contribution in [0.25, 0.3) is 0 Å². The van der Waals surface area contributed by atoms with E-state index in [9.17, 15) is 4.79 Å². The minimum Gasteiger partial charge on any atom is -0.489 e. The van der Waals surface area contributed by atoms with Crippen LogP contribution in [-0.2, 0) is 0 Å². The molecule has 1 amide bonds. The number of amides is 1. The Kier molecular flexibility index (Phi) is 3.95. The summed E-state index contributed by atoms with van der Waals surface area (Å²) in [4.78, 5) is 14.9. The molecule has 1 saturated heterocycles. The number of aryl methyl sites for hydroxylation is 2. The van der Waals surface area contributed by atoms with Gasteiger partial charge in [0.25, 0.3) is 5.91 Å². The molecule has 1 fully saturated rings. The molecule has 0 saturated carbocycles. The molecule has 0 aliphatic carbocycles. The number of carbonyl (C=O) groups is 1. The minimum atomic E-state index is -0.107. The number of hydrogen-bond donors (Lipinski definition) is 1. The van der Waals surface area contributed by atoms with E-state index in [4.69, 9.17) is 4.74 Å². The van der Waals surface area contributed by atoms with Crippen molar-refractivity contribution in [2.75, 3.05) is 31.1 Å². The van der Waals surface area contributed by atoms with Crippen LogP contribution in [0.3, 0.4) is 0 Å². The maximum Gasteiger partial charge on any atom is 0.280 e. The van der Waals surface area contributed by atoms with E-state index in [2.05, 4.69) is 21.7 Å². The maximum atomic E-state index is 13.2. The Balaban J connectivity index is 1.69. The zero-order chi connectivity index (χ0) is 17.6. The highest BCUT2D eigenvalue weighted by Crippen LogP contribution is 2.36. The van der Waals surface area contributed by atoms with Crippen LogP contribution in [0.5, 0.6) is 5.75 Å². The molecular formula is C18H23N5O2. The zero-order valence-electron chi connectivity index (χ0n) is 14.9. The second-order valence-corrected chi connectivity index (χ2v) is 6.85. The van der Waals surface area contributed by atoms with Crippen LogP contribution in [0.4, 0.5) is 5.69 Å². The first-order valence-electron chi connectivity index (χ1n) is 8.74. The predicted molar refractivity (Wildman–Crippen MR) is 94.4 cm³/mol. The van der Waals surface area contributed by atoms with Crippen molar-refractivity contribution in [3.05, 3.63) is 34.6 Å². The van der Waals surface area contributed by atoms with Gasteiger partial charge in [0.15, 0.2) is 5.69 Å². The summed E-state index contributed by atoms with van der Waals surface area (Å²) in [6.07, 6.45) is 1.01. The molecule has 2 aliphatic heterocycles. The quantitative estimate of drug-likeness (QED) is 0.901. The second kappa shape index (κ2) is 6.15. The molecule has 7 nitrogen and oxygen atoms in total. The molecule has 25 heavy (non-hydrogen) atoms. The van der Waals surface area contributed by atoms with Crippen molar-refractivity contribution in [1.29, 1.82) is 0 Å². The second-order valence-electron chi connectivity index (χ2n) is 6.85. The molecule has 1 unspecified atom stereocenters. The number of ether oxygens (including phenoxy) is 1. The summed E-state index contributed by atoms with van der Waals surface area (Å²) in [5, 5.41) is 11.8. The Bertz CT molecular complexity index is 823. The van der Waals surface area contributed by atoms with Crippen LogP contribution in [0.1, 0.15) is 39.8 Å². The lowest BCUT2D eigenvalue weighted by molar-refractivity contribution is 0.0971. The average Bonchev–Trinajstić information content (AvgIpc) is 3.23. The number of nitrogens with one attached hydrogen (secondary N) is 1. The lowest BCUT2D eigenvalue weighted by Gasteiger charge is -2.30. The topological polar surface area (TPSA) is 72.3 Å². The van der Waals surface area contributed by atoms with E-state index in [1.165, 1.54) is 0 Å². The van der Waals surface area contributed by atoms with Crippen molar-refractivity contribution in [3.63, 3.8) is 0 Å². The fraction of sp³-hybridized carbons (Fsp3) is 0.500. The average molecular weight is 341 g/mol. The number of benzene rings is 1. The Labute approximate surface area is 147 Å². The Morgan fingerprint density at radius 3 is 2.92 bits per heavy atom. The third-order valence-electron chi connectivity index (χ3n) is 5.01. The van der Waals surface area contributed by atoms with Crippen molar-refractivity contribution < 1.29 is 9.53 Å². The van der Waals surface area contributed by atoms with Gasteiger partial charge in [-0.3, -0.25) is 9.69 Å². The SMILES string of the molecule is Cc1cc(C)c2c(c1)N(C(=O)c1nnn(C3CCNC3)c1C)CCO2. The molecule has 2 aliphatic rings. The van der Waals surface area contributed by atoms with E-state index < -0.39 is 0 Å². The molecule has 0 radical (unpaired) electrons. The number of carbonyl (C=O) groups excluding carboxylic acids is 1. The summed E-state index contributed by atoms with van der Waals surface area (Å²) in [7, 11) is 0. The fourth-order valence-electron chi connectivity index (χ4n) is 3.75. The van der Waals surface area contributed by atoms with Crippen LogP contribution < -0.4 is 15.0 Å². The number of rotatable bonds is 2. The summed E-state index contributed by atoms with van der Waals surface area (Å²) in [6, 6.07) is 4.34. The largest absolute Gasteiger partial charge is 0.489 e. The van der Waals surface area contributed by atoms with Crippen molar-refractivity contribution in [2.45, 2.75) is 33.2 Å². The van der Waals surface area contributed by atoms with Crippen LogP contribution in [0.2, 0.25) is 0 Å². The summed E-state index contributed by atoms with van der Waals surface area (Å²) in [6.45, 7) is 8.82. The molecule has 132 valence electrons. The van der Waals surface area contributed by atoms with E-state index in [1.54, 1.807) is 4.90 Å². The van der Waals surface area contributed by atoms with Crippen LogP contribution in [0.15, 0.2) is 12.1 Å². The van der Waals surface area contributed by atoms with E-state index in [-0.39, 0.29) is 11.9 Å². The summed E-state index contributed by atoms with van der Waals surface area (Å²) in [5.74, 6) is 0.680. The third kappa shape index (κ3) is 2.68. The summed E-state index contributed by atoms with van der Waals surface area (Å²) >= 11 is 0. The van der Waals surface area contributed by atoms with Gasteiger partial charge in [0.1, 0.15) is 12.4 Å². The first-order chi connectivity index (χ1) is 12.1. The number of anilines is 1. The summed E-state index contributed by atoms with van der Waals surface area (Å²) < 4.78 is 7.68. The molecule has 7 heteroatoms. The molecule has 0 bridgehead atoms. The monoisotopic (exact) mass is 341 g/mol. The lowest BCUT2D eigenvalue weighted by Crippen LogP contribution is -2.38. The highest BCUT2D eigenvalue weighted by molar-refractivity contribution is 6.06. The van der Waals surface area contributed by atoms with Crippen molar-refractivity contribution in [3.8, 4) is 5.75 Å². The molecule has 1 aromatic carbocycles. The Hall–Kier alpha value is -2.41. The lowest BCUT2D eigenvalue weighted by atomic mass is 10.1. The number of aromatic nitrogens is 3. The van der Waals surface area contributed by atoms with Gasteiger partial charge < -0.3 is 10.1 Å². The molecular weight excluding hydrogens is 318 g/mol. The first kappa shape index (κ1) is 16.1. The van der Waals surface area contributed by atoms with Gasteiger partial charge in [0, 0.05) is 6.54 Å². The maximum absolute atomic E-state index is 13.2. The Morgan fingerprint density at radius 1 is 1.32 bits per heavy atom. The smallest absolute Gasteiger partial charge is 0.280 e. The van der Waals surface area contributed by atoms with E-state index in [0.29, 0.717) is 18.8 Å². The van der Waals surface area contributed by atoms with Crippen molar-refractivity contribution in [2.24, 2.45) is 0 Å². The summed E-state index contributed by atoms with van der Waals surface area (Å²) in [5.41, 5.74) is 4.24. The molecule has 4 rings (SSSR count). The standard InChI is InChI=1S/C18H23N5O2/c1-11-8-12(2)17-15(9-11)22(6-7-25-17)18(24)16-13(3)23(21-20-16)14-4-5-19-10-14/h8-9,14,19H,4-7,10H2,1-3H3. The van der Waals surface area contributed by atoms with Gasteiger partial charge in [-0.15, -0.1) is 5.10 Å². The van der Waals surface area contributed by atoms with Gasteiger partial charge >= 0.3 is 0 Å². The van der Waals surface area contributed by atoms with Gasteiger partial charge in [-0.1, -0.05) is 11.3 Å². The normalized spacial score (nSPS) is 19.6. The molecule has 0 spiro atoms. The number of fused-ring (bicyclic) bond motifs is 1. The highest BCUT2D eigenvalue weighted by atomic mass is 16.5. The zero-order valence-corrected chi connectivity index (χ0v) is 14.9. The predicted octanol–water partition coefficient (Wildman–Crippen LogP) is 1.78. The van der Waals surface area contributed by atoms with Gasteiger partial charge in [-0.25, -0.2) is 4.68 Å². The minimum absolute atomic E-state index is 0.107. The van der Waals surface area contributed by atoms with E-state index in [0.717, 1.165) is 47.8 Å². The Morgan fingerprint density at radius 2 is 2.16 bits per heavy atom. The molecule has 3 heterocycles. The molecule has 2 aromatic rings. The highest BCUT2D eigenvalue weighted by Gasteiger charge is 2.31. The van der Waals surface area contributed by atoms with Crippen molar-refractivity contribution >= 4 is 11.6 Å². The van der Waals surface area contributed by atoms with Crippen molar-refractivity contribution in [1.82, 2.24) is 20.3 Å². The van der Waals surface area contributed by atoms with Gasteiger partial charge in [0.2, 0.25) is 0 Å². The fourth-order valence-corrected chi connectivity index (χ4v) is 3.75. The molecule has 1 atom stereocenters. The van der Waals surface area contributed by atoms with E-state index >= 15 is 0 Å². The van der Waals surface area contributed by atoms with Gasteiger partial charge in [-0.2, -0.15) is 0 Å². The molecule has 1 N–H and O–H groups in total. The van der Waals surface area contributed by atoms with Crippen LogP contribution in [-0.4, -0.2) is 47.1 Å². The van der Waals surface area contributed by atoms with Crippen LogP contribution >= 0.6 is 0 Å². The molecule has 1 aromatic heterocycles. The number of hydrogen-bond acceptors (Lipinski definition) is 5. The number of nitrogens with zero attached hydrogens (tertiary/aromatic N) is 4. The third-order valence-corrected chi connectivity index (χ3v) is 5.01. The van der Waals surface area contributed by atoms with Gasteiger partial charge in [-0.05, 0) is 50.9 Å². The van der Waals surface area contributed by atoms with Gasteiger partial charge in [0.05, 0.1) is 24.0 Å².